The van der Waals surface area contributed by atoms with E-state index in [-0.39, 0.29) is 5.91 Å². The van der Waals surface area contributed by atoms with Crippen molar-refractivity contribution < 1.29 is 9.53 Å². The number of ether oxygens (including phenoxy) is 1. The minimum Gasteiger partial charge on any atom is -0.491 e. The van der Waals surface area contributed by atoms with Gasteiger partial charge in [0, 0.05) is 7.05 Å². The zero-order valence-corrected chi connectivity index (χ0v) is 14.7. The summed E-state index contributed by atoms with van der Waals surface area (Å²) in [7, 11) is 1.82. The number of aryl methyl sites for hydroxylation is 1. The van der Waals surface area contributed by atoms with Gasteiger partial charge in [-0.25, -0.2) is 0 Å². The maximum absolute atomic E-state index is 12.4. The number of hydrogen-bond donors (Lipinski definition) is 0. The van der Waals surface area contributed by atoms with Crippen molar-refractivity contribution in [1.29, 1.82) is 0 Å². The van der Waals surface area contributed by atoms with Gasteiger partial charge in [0.15, 0.2) is 0 Å². The SMILES string of the molecule is Cc1ccccc1OCCN(C)C(=O)Cc1ccc2ccccc2c1. The summed E-state index contributed by atoms with van der Waals surface area (Å²) in [5.74, 6) is 0.974. The molecule has 3 aromatic rings. The molecule has 0 atom stereocenters. The maximum atomic E-state index is 12.4. The van der Waals surface area contributed by atoms with Crippen molar-refractivity contribution in [3.63, 3.8) is 0 Å². The summed E-state index contributed by atoms with van der Waals surface area (Å²) in [6.45, 7) is 3.08. The Labute approximate surface area is 148 Å². The Morgan fingerprint density at radius 1 is 0.960 bits per heavy atom. The van der Waals surface area contributed by atoms with Crippen LogP contribution >= 0.6 is 0 Å². The van der Waals surface area contributed by atoms with E-state index in [9.17, 15) is 4.79 Å². The van der Waals surface area contributed by atoms with Crippen molar-refractivity contribution in [2.75, 3.05) is 20.2 Å². The minimum absolute atomic E-state index is 0.101. The Kier molecular flexibility index (Phi) is 5.34. The van der Waals surface area contributed by atoms with Gasteiger partial charge < -0.3 is 9.64 Å². The number of para-hydroxylation sites is 1. The van der Waals surface area contributed by atoms with Crippen molar-refractivity contribution in [2.45, 2.75) is 13.3 Å². The molecule has 0 aromatic heterocycles. The molecule has 0 radical (unpaired) electrons. The summed E-state index contributed by atoms with van der Waals surface area (Å²) < 4.78 is 5.77. The fourth-order valence-corrected chi connectivity index (χ4v) is 2.79. The second kappa shape index (κ2) is 7.84. The lowest BCUT2D eigenvalue weighted by atomic mass is 10.0. The molecule has 128 valence electrons. The molecule has 0 aliphatic heterocycles. The molecule has 3 nitrogen and oxygen atoms in total. The molecular weight excluding hydrogens is 310 g/mol. The zero-order chi connectivity index (χ0) is 17.6. The maximum Gasteiger partial charge on any atom is 0.226 e. The first kappa shape index (κ1) is 17.0. The van der Waals surface area contributed by atoms with E-state index in [1.165, 1.54) is 10.8 Å². The van der Waals surface area contributed by atoms with Gasteiger partial charge in [-0.15, -0.1) is 0 Å². The second-order valence-electron chi connectivity index (χ2n) is 6.29. The molecule has 0 unspecified atom stereocenters. The van der Waals surface area contributed by atoms with E-state index in [0.717, 1.165) is 16.9 Å². The fourth-order valence-electron chi connectivity index (χ4n) is 2.79. The summed E-state index contributed by atoms with van der Waals surface area (Å²) in [6.07, 6.45) is 0.408. The molecule has 1 amide bonds. The van der Waals surface area contributed by atoms with Gasteiger partial charge in [-0.05, 0) is 34.9 Å². The van der Waals surface area contributed by atoms with Crippen LogP contribution in [0.5, 0.6) is 5.75 Å². The lowest BCUT2D eigenvalue weighted by Gasteiger charge is -2.18. The average Bonchev–Trinajstić information content (AvgIpc) is 2.63. The number of benzene rings is 3. The van der Waals surface area contributed by atoms with E-state index in [0.29, 0.717) is 19.6 Å². The standard InChI is InChI=1S/C22H23NO2/c1-17-7-3-6-10-21(17)25-14-13-23(2)22(24)16-18-11-12-19-8-4-5-9-20(19)15-18/h3-12,15H,13-14,16H2,1-2H3. The largest absolute Gasteiger partial charge is 0.491 e. The molecular formula is C22H23NO2. The van der Waals surface area contributed by atoms with Crippen LogP contribution < -0.4 is 4.74 Å². The molecule has 0 aliphatic rings. The van der Waals surface area contributed by atoms with Gasteiger partial charge in [0.2, 0.25) is 5.91 Å². The van der Waals surface area contributed by atoms with E-state index in [1.807, 2.05) is 56.4 Å². The average molecular weight is 333 g/mol. The van der Waals surface area contributed by atoms with Crippen LogP contribution in [0.4, 0.5) is 0 Å². The van der Waals surface area contributed by atoms with Gasteiger partial charge in [-0.1, -0.05) is 60.7 Å². The van der Waals surface area contributed by atoms with Crippen molar-refractivity contribution >= 4 is 16.7 Å². The number of amides is 1. The first-order valence-corrected chi connectivity index (χ1v) is 8.53. The molecule has 0 saturated heterocycles. The predicted molar refractivity (Wildman–Crippen MR) is 102 cm³/mol. The molecule has 0 heterocycles. The number of likely N-dealkylation sites (N-methyl/N-ethyl adjacent to an activating group) is 1. The third kappa shape index (κ3) is 4.38. The molecule has 3 aromatic carbocycles. The highest BCUT2D eigenvalue weighted by Gasteiger charge is 2.10. The highest BCUT2D eigenvalue weighted by molar-refractivity contribution is 5.85. The highest BCUT2D eigenvalue weighted by Crippen LogP contribution is 2.17. The monoisotopic (exact) mass is 333 g/mol. The summed E-state index contributed by atoms with van der Waals surface area (Å²) in [5, 5.41) is 2.36. The van der Waals surface area contributed by atoms with Crippen molar-refractivity contribution in [3.05, 3.63) is 77.9 Å². The second-order valence-corrected chi connectivity index (χ2v) is 6.29. The Morgan fingerprint density at radius 2 is 1.68 bits per heavy atom. The highest BCUT2D eigenvalue weighted by atomic mass is 16.5. The summed E-state index contributed by atoms with van der Waals surface area (Å²) in [5.41, 5.74) is 2.14. The van der Waals surface area contributed by atoms with E-state index in [4.69, 9.17) is 4.74 Å². The number of carbonyl (C=O) groups excluding carboxylic acids is 1. The molecule has 0 bridgehead atoms. The van der Waals surface area contributed by atoms with E-state index in [2.05, 4.69) is 24.3 Å². The molecule has 0 aliphatic carbocycles. The third-order valence-electron chi connectivity index (χ3n) is 4.37. The Morgan fingerprint density at radius 3 is 2.48 bits per heavy atom. The molecule has 0 fully saturated rings. The van der Waals surface area contributed by atoms with Gasteiger partial charge in [-0.2, -0.15) is 0 Å². The van der Waals surface area contributed by atoms with Crippen molar-refractivity contribution in [3.8, 4) is 5.75 Å². The van der Waals surface area contributed by atoms with Crippen LogP contribution in [0.2, 0.25) is 0 Å². The third-order valence-corrected chi connectivity index (χ3v) is 4.37. The van der Waals surface area contributed by atoms with Crippen LogP contribution in [0.15, 0.2) is 66.7 Å². The quantitative estimate of drug-likeness (QED) is 0.676. The van der Waals surface area contributed by atoms with Gasteiger partial charge in [0.05, 0.1) is 13.0 Å². The lowest BCUT2D eigenvalue weighted by Crippen LogP contribution is -2.32. The summed E-state index contributed by atoms with van der Waals surface area (Å²) >= 11 is 0. The number of rotatable bonds is 6. The molecule has 3 heteroatoms. The molecule has 0 N–H and O–H groups in total. The summed E-state index contributed by atoms with van der Waals surface area (Å²) in [4.78, 5) is 14.2. The van der Waals surface area contributed by atoms with Crippen molar-refractivity contribution in [2.24, 2.45) is 0 Å². The number of hydrogen-bond acceptors (Lipinski definition) is 2. The molecule has 3 rings (SSSR count). The van der Waals surface area contributed by atoms with Gasteiger partial charge in [0.25, 0.3) is 0 Å². The normalized spacial score (nSPS) is 10.6. The van der Waals surface area contributed by atoms with Gasteiger partial charge in [-0.3, -0.25) is 4.79 Å². The first-order valence-electron chi connectivity index (χ1n) is 8.53. The summed E-state index contributed by atoms with van der Waals surface area (Å²) in [6, 6.07) is 22.3. The minimum atomic E-state index is 0.101. The zero-order valence-electron chi connectivity index (χ0n) is 14.7. The van der Waals surface area contributed by atoms with E-state index in [1.54, 1.807) is 4.90 Å². The van der Waals surface area contributed by atoms with Crippen LogP contribution in [0, 0.1) is 6.92 Å². The number of nitrogens with zero attached hydrogens (tertiary/aromatic N) is 1. The molecule has 25 heavy (non-hydrogen) atoms. The van der Waals surface area contributed by atoms with Crippen LogP contribution in [0.1, 0.15) is 11.1 Å². The van der Waals surface area contributed by atoms with Crippen LogP contribution in [0.25, 0.3) is 10.8 Å². The van der Waals surface area contributed by atoms with Crippen LogP contribution in [0.3, 0.4) is 0 Å². The number of carbonyl (C=O) groups is 1. The first-order chi connectivity index (χ1) is 12.1. The fraction of sp³-hybridized carbons (Fsp3) is 0.227. The van der Waals surface area contributed by atoms with Crippen LogP contribution in [-0.2, 0) is 11.2 Å². The van der Waals surface area contributed by atoms with Crippen LogP contribution in [-0.4, -0.2) is 31.0 Å². The predicted octanol–water partition coefficient (Wildman–Crippen LogP) is 4.23. The Hall–Kier alpha value is -2.81. The van der Waals surface area contributed by atoms with Crippen molar-refractivity contribution in [1.82, 2.24) is 4.90 Å². The van der Waals surface area contributed by atoms with Gasteiger partial charge >= 0.3 is 0 Å². The topological polar surface area (TPSA) is 29.5 Å². The van der Waals surface area contributed by atoms with Gasteiger partial charge in [0.1, 0.15) is 12.4 Å². The van der Waals surface area contributed by atoms with E-state index >= 15 is 0 Å². The Balaban J connectivity index is 1.54. The van der Waals surface area contributed by atoms with E-state index < -0.39 is 0 Å². The molecule has 0 saturated carbocycles. The lowest BCUT2D eigenvalue weighted by molar-refractivity contribution is -0.129. The number of fused-ring (bicyclic) bond motifs is 1. The Bertz CT molecular complexity index is 873. The molecule has 0 spiro atoms. The smallest absolute Gasteiger partial charge is 0.226 e.